The standard InChI is InChI=1S/C25H19FN4OS/c1-30-24(17-11-13-18(26)14-12-17)28-29-25(30)32-23(16-7-3-2-4-8-16)22(31)20-15-27-21-10-6-5-9-19(20)21/h2-15,23,27H,1H3. The summed E-state index contributed by atoms with van der Waals surface area (Å²) in [6, 6.07) is 23.5. The van der Waals surface area contributed by atoms with Crippen LogP contribution in [0.5, 0.6) is 0 Å². The van der Waals surface area contributed by atoms with Crippen molar-refractivity contribution in [3.8, 4) is 11.4 Å². The molecule has 7 heteroatoms. The zero-order valence-corrected chi connectivity index (χ0v) is 18.0. The van der Waals surface area contributed by atoms with Crippen molar-refractivity contribution in [2.45, 2.75) is 10.4 Å². The van der Waals surface area contributed by atoms with Gasteiger partial charge in [-0.3, -0.25) is 4.79 Å². The van der Waals surface area contributed by atoms with Gasteiger partial charge in [-0.2, -0.15) is 0 Å². The van der Waals surface area contributed by atoms with E-state index < -0.39 is 5.25 Å². The maximum absolute atomic E-state index is 13.7. The summed E-state index contributed by atoms with van der Waals surface area (Å²) in [5, 5.41) is 9.61. The third-order valence-electron chi connectivity index (χ3n) is 5.36. The van der Waals surface area contributed by atoms with Gasteiger partial charge in [-0.05, 0) is 35.9 Å². The second-order valence-corrected chi connectivity index (χ2v) is 8.47. The summed E-state index contributed by atoms with van der Waals surface area (Å²) in [5.41, 5.74) is 3.21. The highest BCUT2D eigenvalue weighted by Gasteiger charge is 2.28. The molecular formula is C25H19FN4OS. The predicted octanol–water partition coefficient (Wildman–Crippen LogP) is 5.82. The molecule has 0 saturated carbocycles. The Morgan fingerprint density at radius 2 is 1.69 bits per heavy atom. The number of thioether (sulfide) groups is 1. The van der Waals surface area contributed by atoms with E-state index in [1.807, 2.05) is 66.2 Å². The summed E-state index contributed by atoms with van der Waals surface area (Å²) in [5.74, 6) is 0.294. The largest absolute Gasteiger partial charge is 0.360 e. The Morgan fingerprint density at radius 3 is 2.47 bits per heavy atom. The van der Waals surface area contributed by atoms with E-state index in [-0.39, 0.29) is 11.6 Å². The second kappa shape index (κ2) is 8.43. The molecule has 2 heterocycles. The van der Waals surface area contributed by atoms with Crippen LogP contribution in [0.2, 0.25) is 0 Å². The van der Waals surface area contributed by atoms with Gasteiger partial charge in [-0.1, -0.05) is 60.3 Å². The van der Waals surface area contributed by atoms with E-state index in [0.717, 1.165) is 22.0 Å². The summed E-state index contributed by atoms with van der Waals surface area (Å²) in [4.78, 5) is 16.9. The van der Waals surface area contributed by atoms with Crippen molar-refractivity contribution in [3.05, 3.63) is 102 Å². The van der Waals surface area contributed by atoms with Gasteiger partial charge in [0.15, 0.2) is 16.8 Å². The van der Waals surface area contributed by atoms with E-state index in [2.05, 4.69) is 15.2 Å². The molecule has 1 unspecified atom stereocenters. The van der Waals surface area contributed by atoms with Crippen molar-refractivity contribution in [2.75, 3.05) is 0 Å². The van der Waals surface area contributed by atoms with Crippen molar-refractivity contribution in [2.24, 2.45) is 7.05 Å². The first kappa shape index (κ1) is 20.2. The number of rotatable bonds is 6. The number of hydrogen-bond acceptors (Lipinski definition) is 4. The second-order valence-electron chi connectivity index (χ2n) is 7.39. The molecule has 3 aromatic carbocycles. The number of ketones is 1. The maximum atomic E-state index is 13.7. The molecule has 158 valence electrons. The minimum atomic E-state index is -0.501. The van der Waals surface area contributed by atoms with Crippen LogP contribution in [-0.2, 0) is 7.05 Å². The Labute approximate surface area is 188 Å². The molecule has 0 bridgehead atoms. The van der Waals surface area contributed by atoms with Crippen molar-refractivity contribution in [3.63, 3.8) is 0 Å². The number of nitrogens with one attached hydrogen (secondary N) is 1. The molecule has 1 N–H and O–H groups in total. The number of fused-ring (bicyclic) bond motifs is 1. The third kappa shape index (κ3) is 3.71. The molecule has 0 spiro atoms. The van der Waals surface area contributed by atoms with Crippen LogP contribution in [0.4, 0.5) is 4.39 Å². The van der Waals surface area contributed by atoms with Crippen LogP contribution >= 0.6 is 11.8 Å². The number of benzene rings is 3. The molecule has 2 aromatic heterocycles. The highest BCUT2D eigenvalue weighted by Crippen LogP contribution is 2.39. The Balaban J connectivity index is 1.53. The SMILES string of the molecule is Cn1c(SC(C(=O)c2c[nH]c3ccccc23)c2ccccc2)nnc1-c1ccc(F)cc1. The average Bonchev–Trinajstić information content (AvgIpc) is 3.42. The molecule has 0 aliphatic rings. The fourth-order valence-electron chi connectivity index (χ4n) is 3.69. The fraction of sp³-hybridized carbons (Fsp3) is 0.0800. The van der Waals surface area contributed by atoms with Crippen LogP contribution < -0.4 is 0 Å². The summed E-state index contributed by atoms with van der Waals surface area (Å²) in [6.45, 7) is 0. The number of aromatic amines is 1. The van der Waals surface area contributed by atoms with E-state index in [9.17, 15) is 9.18 Å². The minimum Gasteiger partial charge on any atom is -0.360 e. The number of carbonyl (C=O) groups is 1. The van der Waals surface area contributed by atoms with Crippen LogP contribution in [0.15, 0.2) is 90.2 Å². The molecule has 5 nitrogen and oxygen atoms in total. The van der Waals surface area contributed by atoms with Gasteiger partial charge in [0.25, 0.3) is 0 Å². The molecule has 0 saturated heterocycles. The Kier molecular flexibility index (Phi) is 5.33. The Bertz CT molecular complexity index is 1390. The Morgan fingerprint density at radius 1 is 0.969 bits per heavy atom. The summed E-state index contributed by atoms with van der Waals surface area (Å²) < 4.78 is 15.1. The third-order valence-corrected chi connectivity index (χ3v) is 6.64. The lowest BCUT2D eigenvalue weighted by Crippen LogP contribution is -2.11. The van der Waals surface area contributed by atoms with Gasteiger partial charge >= 0.3 is 0 Å². The van der Waals surface area contributed by atoms with Gasteiger partial charge < -0.3 is 9.55 Å². The number of hydrogen-bond donors (Lipinski definition) is 1. The van der Waals surface area contributed by atoms with Crippen LogP contribution in [0.3, 0.4) is 0 Å². The number of nitrogens with zero attached hydrogens (tertiary/aromatic N) is 3. The van der Waals surface area contributed by atoms with E-state index in [1.165, 1.54) is 23.9 Å². The lowest BCUT2D eigenvalue weighted by atomic mass is 10.0. The van der Waals surface area contributed by atoms with E-state index in [4.69, 9.17) is 0 Å². The molecule has 1 atom stereocenters. The van der Waals surface area contributed by atoms with Gasteiger partial charge in [0, 0.05) is 35.3 Å². The molecule has 0 aliphatic carbocycles. The van der Waals surface area contributed by atoms with Gasteiger partial charge in [-0.25, -0.2) is 4.39 Å². The first-order valence-electron chi connectivity index (χ1n) is 10.1. The first-order valence-corrected chi connectivity index (χ1v) is 11.0. The number of Topliss-reactive ketones (excluding diaryl/α,β-unsaturated/α-hetero) is 1. The molecule has 0 aliphatic heterocycles. The summed E-state index contributed by atoms with van der Waals surface area (Å²) >= 11 is 1.35. The smallest absolute Gasteiger partial charge is 0.192 e. The van der Waals surface area contributed by atoms with Crippen molar-refractivity contribution in [1.82, 2.24) is 19.7 Å². The van der Waals surface area contributed by atoms with Gasteiger partial charge in [0.1, 0.15) is 11.1 Å². The molecule has 5 rings (SSSR count). The van der Waals surface area contributed by atoms with E-state index in [0.29, 0.717) is 16.5 Å². The van der Waals surface area contributed by atoms with Gasteiger partial charge in [-0.15, -0.1) is 10.2 Å². The molecule has 32 heavy (non-hydrogen) atoms. The zero-order chi connectivity index (χ0) is 22.1. The highest BCUT2D eigenvalue weighted by molar-refractivity contribution is 8.00. The van der Waals surface area contributed by atoms with E-state index in [1.54, 1.807) is 18.3 Å². The molecule has 0 amide bonds. The van der Waals surface area contributed by atoms with E-state index >= 15 is 0 Å². The monoisotopic (exact) mass is 442 g/mol. The number of aromatic nitrogens is 4. The molecular weight excluding hydrogens is 423 g/mol. The minimum absolute atomic E-state index is 0.00928. The maximum Gasteiger partial charge on any atom is 0.192 e. The topological polar surface area (TPSA) is 63.6 Å². The lowest BCUT2D eigenvalue weighted by Gasteiger charge is -2.15. The van der Waals surface area contributed by atoms with Gasteiger partial charge in [0.05, 0.1) is 0 Å². The van der Waals surface area contributed by atoms with Crippen molar-refractivity contribution in [1.29, 1.82) is 0 Å². The predicted molar refractivity (Wildman–Crippen MR) is 124 cm³/mol. The quantitative estimate of drug-likeness (QED) is 0.266. The number of para-hydroxylation sites is 1. The lowest BCUT2D eigenvalue weighted by molar-refractivity contribution is 0.0991. The summed E-state index contributed by atoms with van der Waals surface area (Å²) in [6.07, 6.45) is 1.77. The van der Waals surface area contributed by atoms with Crippen LogP contribution in [0.25, 0.3) is 22.3 Å². The number of halogens is 1. The molecule has 0 radical (unpaired) electrons. The molecule has 5 aromatic rings. The average molecular weight is 443 g/mol. The zero-order valence-electron chi connectivity index (χ0n) is 17.2. The van der Waals surface area contributed by atoms with Crippen LogP contribution in [-0.4, -0.2) is 25.5 Å². The van der Waals surface area contributed by atoms with Gasteiger partial charge in [0.2, 0.25) is 0 Å². The Hall–Kier alpha value is -3.71. The molecule has 0 fully saturated rings. The summed E-state index contributed by atoms with van der Waals surface area (Å²) in [7, 11) is 1.85. The highest BCUT2D eigenvalue weighted by atomic mass is 32.2. The van der Waals surface area contributed by atoms with Crippen LogP contribution in [0.1, 0.15) is 21.2 Å². The van der Waals surface area contributed by atoms with Crippen molar-refractivity contribution < 1.29 is 9.18 Å². The number of H-pyrrole nitrogens is 1. The van der Waals surface area contributed by atoms with Crippen molar-refractivity contribution >= 4 is 28.4 Å². The normalized spacial score (nSPS) is 12.2. The fourth-order valence-corrected chi connectivity index (χ4v) is 4.76. The van der Waals surface area contributed by atoms with Crippen LogP contribution in [0, 0.1) is 5.82 Å². The first-order chi connectivity index (χ1) is 15.6. The number of carbonyl (C=O) groups excluding carboxylic acids is 1.